The SMILES string of the molecule is COc1ccc(Cc2ccccc2C(=O)[O-])cc1. The van der Waals surface area contributed by atoms with E-state index in [0.717, 1.165) is 16.9 Å². The molecule has 3 nitrogen and oxygen atoms in total. The van der Waals surface area contributed by atoms with Gasteiger partial charge in [0.2, 0.25) is 0 Å². The van der Waals surface area contributed by atoms with E-state index in [2.05, 4.69) is 0 Å². The summed E-state index contributed by atoms with van der Waals surface area (Å²) in [6, 6.07) is 14.4. The van der Waals surface area contributed by atoms with Crippen molar-refractivity contribution in [3.63, 3.8) is 0 Å². The second-order valence-electron chi connectivity index (χ2n) is 3.97. The van der Waals surface area contributed by atoms with Crippen LogP contribution >= 0.6 is 0 Å². The first-order valence-electron chi connectivity index (χ1n) is 5.63. The summed E-state index contributed by atoms with van der Waals surface area (Å²) in [6.07, 6.45) is 0.564. The number of methoxy groups -OCH3 is 1. The Labute approximate surface area is 106 Å². The normalized spacial score (nSPS) is 10.1. The van der Waals surface area contributed by atoms with Crippen molar-refractivity contribution in [2.24, 2.45) is 0 Å². The summed E-state index contributed by atoms with van der Waals surface area (Å²) in [5.41, 5.74) is 2.03. The highest BCUT2D eigenvalue weighted by Gasteiger charge is 2.03. The first-order chi connectivity index (χ1) is 8.70. The van der Waals surface area contributed by atoms with Crippen LogP contribution in [0.15, 0.2) is 48.5 Å². The molecule has 2 rings (SSSR count). The van der Waals surface area contributed by atoms with Gasteiger partial charge in [-0.15, -0.1) is 0 Å². The van der Waals surface area contributed by atoms with Crippen LogP contribution in [0.4, 0.5) is 0 Å². The second-order valence-corrected chi connectivity index (χ2v) is 3.97. The molecule has 2 aromatic rings. The Balaban J connectivity index is 2.25. The van der Waals surface area contributed by atoms with Crippen LogP contribution in [0.5, 0.6) is 5.75 Å². The highest BCUT2D eigenvalue weighted by atomic mass is 16.5. The van der Waals surface area contributed by atoms with E-state index in [1.54, 1.807) is 25.3 Å². The highest BCUT2D eigenvalue weighted by Crippen LogP contribution is 2.17. The largest absolute Gasteiger partial charge is 0.545 e. The van der Waals surface area contributed by atoms with Crippen LogP contribution in [0.25, 0.3) is 0 Å². The lowest BCUT2D eigenvalue weighted by Crippen LogP contribution is -2.23. The number of hydrogen-bond acceptors (Lipinski definition) is 3. The van der Waals surface area contributed by atoms with E-state index in [0.29, 0.717) is 6.42 Å². The average molecular weight is 241 g/mol. The van der Waals surface area contributed by atoms with E-state index in [1.165, 1.54) is 0 Å². The van der Waals surface area contributed by atoms with Crippen molar-refractivity contribution < 1.29 is 14.6 Å². The molecule has 0 aliphatic carbocycles. The molecule has 0 spiro atoms. The molecule has 0 N–H and O–H groups in total. The lowest BCUT2D eigenvalue weighted by atomic mass is 10.00. The molecule has 92 valence electrons. The Morgan fingerprint density at radius 1 is 1.11 bits per heavy atom. The molecule has 0 aliphatic heterocycles. The van der Waals surface area contributed by atoms with E-state index in [-0.39, 0.29) is 5.56 Å². The van der Waals surface area contributed by atoms with Gasteiger partial charge in [-0.05, 0) is 29.7 Å². The molecule has 18 heavy (non-hydrogen) atoms. The van der Waals surface area contributed by atoms with Crippen molar-refractivity contribution in [1.29, 1.82) is 0 Å². The van der Waals surface area contributed by atoms with Gasteiger partial charge in [-0.25, -0.2) is 0 Å². The maximum atomic E-state index is 11.0. The van der Waals surface area contributed by atoms with Gasteiger partial charge in [0.1, 0.15) is 5.75 Å². The summed E-state index contributed by atoms with van der Waals surface area (Å²) < 4.78 is 5.08. The summed E-state index contributed by atoms with van der Waals surface area (Å²) in [4.78, 5) is 11.0. The number of aromatic carboxylic acids is 1. The van der Waals surface area contributed by atoms with Crippen LogP contribution in [0.3, 0.4) is 0 Å². The topological polar surface area (TPSA) is 49.4 Å². The number of hydrogen-bond donors (Lipinski definition) is 0. The maximum absolute atomic E-state index is 11.0. The van der Waals surface area contributed by atoms with E-state index < -0.39 is 5.97 Å². The smallest absolute Gasteiger partial charge is 0.118 e. The van der Waals surface area contributed by atoms with Crippen molar-refractivity contribution >= 4 is 5.97 Å². The molecule has 0 radical (unpaired) electrons. The fourth-order valence-corrected chi connectivity index (χ4v) is 1.84. The van der Waals surface area contributed by atoms with Crippen LogP contribution in [-0.2, 0) is 6.42 Å². The number of ether oxygens (including phenoxy) is 1. The summed E-state index contributed by atoms with van der Waals surface area (Å²) in [7, 11) is 1.61. The predicted molar refractivity (Wildman–Crippen MR) is 66.6 cm³/mol. The molecule has 0 heterocycles. The van der Waals surface area contributed by atoms with E-state index in [4.69, 9.17) is 4.74 Å². The summed E-state index contributed by atoms with van der Waals surface area (Å²) in [5.74, 6) is -0.356. The van der Waals surface area contributed by atoms with Crippen molar-refractivity contribution in [3.8, 4) is 5.75 Å². The van der Waals surface area contributed by atoms with E-state index in [9.17, 15) is 9.90 Å². The molecule has 0 atom stereocenters. The van der Waals surface area contributed by atoms with Gasteiger partial charge in [0.25, 0.3) is 0 Å². The number of carboxylic acid groups (broad SMARTS) is 1. The fraction of sp³-hybridized carbons (Fsp3) is 0.133. The zero-order chi connectivity index (χ0) is 13.0. The Bertz CT molecular complexity index is 544. The highest BCUT2D eigenvalue weighted by molar-refractivity contribution is 5.87. The van der Waals surface area contributed by atoms with Crippen molar-refractivity contribution in [2.75, 3.05) is 7.11 Å². The molecule has 3 heteroatoms. The Kier molecular flexibility index (Phi) is 3.63. The minimum absolute atomic E-state index is 0.244. The molecule has 0 fully saturated rings. The molecule has 0 bridgehead atoms. The van der Waals surface area contributed by atoms with Gasteiger partial charge in [-0.3, -0.25) is 0 Å². The van der Waals surface area contributed by atoms with Crippen LogP contribution in [-0.4, -0.2) is 13.1 Å². The number of carboxylic acids is 1. The van der Waals surface area contributed by atoms with Crippen LogP contribution in [0.1, 0.15) is 21.5 Å². The zero-order valence-corrected chi connectivity index (χ0v) is 10.1. The fourth-order valence-electron chi connectivity index (χ4n) is 1.84. The van der Waals surface area contributed by atoms with Gasteiger partial charge in [0, 0.05) is 5.56 Å². The summed E-state index contributed by atoms with van der Waals surface area (Å²) >= 11 is 0. The third-order valence-corrected chi connectivity index (χ3v) is 2.79. The van der Waals surface area contributed by atoms with Crippen molar-refractivity contribution in [1.82, 2.24) is 0 Å². The molecule has 0 saturated carbocycles. The Morgan fingerprint density at radius 2 is 1.78 bits per heavy atom. The van der Waals surface area contributed by atoms with E-state index in [1.807, 2.05) is 30.3 Å². The molecular formula is C15H13O3-. The standard InChI is InChI=1S/C15H14O3/c1-18-13-8-6-11(7-9-13)10-12-4-2-3-5-14(12)15(16)17/h2-9H,10H2,1H3,(H,16,17)/p-1. The number of rotatable bonds is 4. The first-order valence-corrected chi connectivity index (χ1v) is 5.63. The molecular weight excluding hydrogens is 228 g/mol. The van der Waals surface area contributed by atoms with Crippen LogP contribution in [0.2, 0.25) is 0 Å². The molecule has 2 aromatic carbocycles. The number of benzene rings is 2. The number of carbonyl (C=O) groups is 1. The predicted octanol–water partition coefficient (Wildman–Crippen LogP) is 1.65. The second kappa shape index (κ2) is 5.36. The molecule has 0 saturated heterocycles. The number of carbonyl (C=O) groups excluding carboxylic acids is 1. The van der Waals surface area contributed by atoms with Gasteiger partial charge in [0.15, 0.2) is 0 Å². The van der Waals surface area contributed by atoms with Gasteiger partial charge >= 0.3 is 0 Å². The molecule has 0 unspecified atom stereocenters. The molecule has 0 aliphatic rings. The lowest BCUT2D eigenvalue weighted by Gasteiger charge is -2.10. The third kappa shape index (κ3) is 2.69. The van der Waals surface area contributed by atoms with E-state index >= 15 is 0 Å². The minimum atomic E-state index is -1.14. The van der Waals surface area contributed by atoms with Gasteiger partial charge < -0.3 is 14.6 Å². The zero-order valence-electron chi connectivity index (χ0n) is 10.1. The van der Waals surface area contributed by atoms with Gasteiger partial charge in [-0.2, -0.15) is 0 Å². The monoisotopic (exact) mass is 241 g/mol. The van der Waals surface area contributed by atoms with Crippen molar-refractivity contribution in [2.45, 2.75) is 6.42 Å². The lowest BCUT2D eigenvalue weighted by molar-refractivity contribution is -0.255. The molecule has 0 aromatic heterocycles. The molecule has 0 amide bonds. The Morgan fingerprint density at radius 3 is 2.39 bits per heavy atom. The quantitative estimate of drug-likeness (QED) is 0.817. The van der Waals surface area contributed by atoms with Crippen LogP contribution < -0.4 is 9.84 Å². The average Bonchev–Trinajstić information content (AvgIpc) is 2.40. The van der Waals surface area contributed by atoms with Crippen LogP contribution in [0, 0.1) is 0 Å². The van der Waals surface area contributed by atoms with Gasteiger partial charge in [-0.1, -0.05) is 36.4 Å². The summed E-state index contributed by atoms with van der Waals surface area (Å²) in [6.45, 7) is 0. The maximum Gasteiger partial charge on any atom is 0.118 e. The van der Waals surface area contributed by atoms with Crippen molar-refractivity contribution in [3.05, 3.63) is 65.2 Å². The first kappa shape index (κ1) is 12.2. The van der Waals surface area contributed by atoms with Gasteiger partial charge in [0.05, 0.1) is 13.1 Å². The Hall–Kier alpha value is -2.29. The third-order valence-electron chi connectivity index (χ3n) is 2.79. The summed E-state index contributed by atoms with van der Waals surface area (Å²) in [5, 5.41) is 11.0. The minimum Gasteiger partial charge on any atom is -0.545 e.